The summed E-state index contributed by atoms with van der Waals surface area (Å²) >= 11 is 0. The maximum atomic E-state index is 13.7. The zero-order chi connectivity index (χ0) is 14.0. The number of carbonyl (C=O) groups excluding carboxylic acids is 1. The van der Waals surface area contributed by atoms with Gasteiger partial charge in [-0.15, -0.1) is 0 Å². The standard InChI is InChI=1S/C14H8F4O/c15-12-6-2-5-11(14(16,17)18)13(12)10-4-1-3-9(7-10)8-19/h1-8H. The highest BCUT2D eigenvalue weighted by Crippen LogP contribution is 2.38. The summed E-state index contributed by atoms with van der Waals surface area (Å²) in [5.74, 6) is -0.974. The van der Waals surface area contributed by atoms with Crippen LogP contribution in [-0.4, -0.2) is 6.29 Å². The topological polar surface area (TPSA) is 17.1 Å². The largest absolute Gasteiger partial charge is 0.417 e. The minimum Gasteiger partial charge on any atom is -0.298 e. The number of alkyl halides is 3. The van der Waals surface area contributed by atoms with Crippen LogP contribution in [0.1, 0.15) is 15.9 Å². The minimum absolute atomic E-state index is 0.0232. The summed E-state index contributed by atoms with van der Waals surface area (Å²) in [6, 6.07) is 8.17. The zero-order valence-corrected chi connectivity index (χ0v) is 9.54. The van der Waals surface area contributed by atoms with Crippen LogP contribution in [0.25, 0.3) is 11.1 Å². The van der Waals surface area contributed by atoms with Gasteiger partial charge in [0.05, 0.1) is 5.56 Å². The van der Waals surface area contributed by atoms with Gasteiger partial charge in [0.25, 0.3) is 0 Å². The molecule has 0 spiro atoms. The molecule has 0 N–H and O–H groups in total. The quantitative estimate of drug-likeness (QED) is 0.585. The van der Waals surface area contributed by atoms with Crippen LogP contribution in [0, 0.1) is 5.82 Å². The van der Waals surface area contributed by atoms with Crippen LogP contribution >= 0.6 is 0 Å². The number of halogens is 4. The van der Waals surface area contributed by atoms with E-state index in [-0.39, 0.29) is 11.1 Å². The Labute approximate surface area is 106 Å². The molecule has 0 saturated heterocycles. The fourth-order valence-corrected chi connectivity index (χ4v) is 1.82. The molecule has 2 aromatic carbocycles. The molecular weight excluding hydrogens is 260 g/mol. The van der Waals surface area contributed by atoms with Crippen molar-refractivity contribution in [1.29, 1.82) is 0 Å². The Hall–Kier alpha value is -2.17. The lowest BCUT2D eigenvalue weighted by Gasteiger charge is -2.14. The van der Waals surface area contributed by atoms with Crippen molar-refractivity contribution in [2.75, 3.05) is 0 Å². The molecule has 98 valence electrons. The fraction of sp³-hybridized carbons (Fsp3) is 0.0714. The van der Waals surface area contributed by atoms with Crippen molar-refractivity contribution in [3.05, 3.63) is 59.4 Å². The average molecular weight is 268 g/mol. The van der Waals surface area contributed by atoms with Crippen LogP contribution in [0.15, 0.2) is 42.5 Å². The van der Waals surface area contributed by atoms with Gasteiger partial charge in [0.15, 0.2) is 0 Å². The first-order valence-electron chi connectivity index (χ1n) is 5.35. The Morgan fingerprint density at radius 3 is 2.32 bits per heavy atom. The molecule has 0 aliphatic heterocycles. The monoisotopic (exact) mass is 268 g/mol. The van der Waals surface area contributed by atoms with E-state index < -0.39 is 23.1 Å². The highest BCUT2D eigenvalue weighted by atomic mass is 19.4. The van der Waals surface area contributed by atoms with Crippen LogP contribution in [0.4, 0.5) is 17.6 Å². The summed E-state index contributed by atoms with van der Waals surface area (Å²) in [6.07, 6.45) is -4.16. The van der Waals surface area contributed by atoms with Gasteiger partial charge in [0, 0.05) is 11.1 Å². The van der Waals surface area contributed by atoms with Crippen molar-refractivity contribution >= 4 is 6.29 Å². The van der Waals surface area contributed by atoms with E-state index in [2.05, 4.69) is 0 Å². The van der Waals surface area contributed by atoms with E-state index >= 15 is 0 Å². The highest BCUT2D eigenvalue weighted by molar-refractivity contribution is 5.79. The molecule has 0 atom stereocenters. The zero-order valence-electron chi connectivity index (χ0n) is 9.54. The molecule has 0 fully saturated rings. The van der Waals surface area contributed by atoms with Crippen LogP contribution in [0.3, 0.4) is 0 Å². The SMILES string of the molecule is O=Cc1cccc(-c2c(F)cccc2C(F)(F)F)c1. The van der Waals surface area contributed by atoms with Crippen LogP contribution in [0.5, 0.6) is 0 Å². The van der Waals surface area contributed by atoms with Crippen molar-refractivity contribution in [2.45, 2.75) is 6.18 Å². The molecular formula is C14H8F4O. The van der Waals surface area contributed by atoms with Gasteiger partial charge in [-0.2, -0.15) is 13.2 Å². The van der Waals surface area contributed by atoms with Crippen LogP contribution in [0.2, 0.25) is 0 Å². The smallest absolute Gasteiger partial charge is 0.298 e. The molecule has 19 heavy (non-hydrogen) atoms. The number of hydrogen-bond acceptors (Lipinski definition) is 1. The van der Waals surface area contributed by atoms with Crippen LogP contribution in [-0.2, 0) is 6.18 Å². The van der Waals surface area contributed by atoms with Crippen LogP contribution < -0.4 is 0 Å². The lowest BCUT2D eigenvalue weighted by molar-refractivity contribution is -0.137. The van der Waals surface area contributed by atoms with Crippen molar-refractivity contribution in [3.8, 4) is 11.1 Å². The molecule has 2 rings (SSSR count). The molecule has 5 heteroatoms. The van der Waals surface area contributed by atoms with Gasteiger partial charge in [0.1, 0.15) is 12.1 Å². The molecule has 0 radical (unpaired) electrons. The summed E-state index contributed by atoms with van der Waals surface area (Å²) in [6.45, 7) is 0. The summed E-state index contributed by atoms with van der Waals surface area (Å²) in [7, 11) is 0. The predicted octanol–water partition coefficient (Wildman–Crippen LogP) is 4.32. The van der Waals surface area contributed by atoms with Crippen molar-refractivity contribution in [3.63, 3.8) is 0 Å². The number of benzene rings is 2. The highest BCUT2D eigenvalue weighted by Gasteiger charge is 2.34. The van der Waals surface area contributed by atoms with Gasteiger partial charge < -0.3 is 0 Å². The van der Waals surface area contributed by atoms with E-state index in [1.54, 1.807) is 0 Å². The number of rotatable bonds is 2. The number of carbonyl (C=O) groups is 1. The van der Waals surface area contributed by atoms with Crippen molar-refractivity contribution < 1.29 is 22.4 Å². The molecule has 0 bridgehead atoms. The normalized spacial score (nSPS) is 11.4. The summed E-state index contributed by atoms with van der Waals surface area (Å²) in [5, 5.41) is 0. The van der Waals surface area contributed by atoms with Gasteiger partial charge in [-0.25, -0.2) is 4.39 Å². The Bertz CT molecular complexity index is 617. The van der Waals surface area contributed by atoms with E-state index in [9.17, 15) is 22.4 Å². The third-order valence-electron chi connectivity index (χ3n) is 2.63. The lowest BCUT2D eigenvalue weighted by atomic mass is 9.97. The van der Waals surface area contributed by atoms with Gasteiger partial charge >= 0.3 is 6.18 Å². The number of aldehydes is 1. The molecule has 2 aromatic rings. The summed E-state index contributed by atoms with van der Waals surface area (Å²) in [5.41, 5.74) is -1.39. The fourth-order valence-electron chi connectivity index (χ4n) is 1.82. The van der Waals surface area contributed by atoms with Crippen molar-refractivity contribution in [2.24, 2.45) is 0 Å². The first-order chi connectivity index (χ1) is 8.93. The maximum absolute atomic E-state index is 13.7. The Balaban J connectivity index is 2.70. The molecule has 0 heterocycles. The molecule has 0 saturated carbocycles. The third-order valence-corrected chi connectivity index (χ3v) is 2.63. The first kappa shape index (κ1) is 13.3. The summed E-state index contributed by atoms with van der Waals surface area (Å²) in [4.78, 5) is 10.6. The molecule has 1 nitrogen and oxygen atoms in total. The predicted molar refractivity (Wildman–Crippen MR) is 62.2 cm³/mol. The molecule has 0 amide bonds. The van der Waals surface area contributed by atoms with Gasteiger partial charge in [-0.05, 0) is 23.8 Å². The van der Waals surface area contributed by atoms with Crippen molar-refractivity contribution in [1.82, 2.24) is 0 Å². The second-order valence-electron chi connectivity index (χ2n) is 3.90. The van der Waals surface area contributed by atoms with E-state index in [1.807, 2.05) is 0 Å². The van der Waals surface area contributed by atoms with E-state index in [1.165, 1.54) is 24.3 Å². The minimum atomic E-state index is -4.66. The first-order valence-corrected chi connectivity index (χ1v) is 5.35. The number of hydrogen-bond donors (Lipinski definition) is 0. The third kappa shape index (κ3) is 2.65. The van der Waals surface area contributed by atoms with E-state index in [4.69, 9.17) is 0 Å². The second-order valence-corrected chi connectivity index (χ2v) is 3.90. The van der Waals surface area contributed by atoms with Gasteiger partial charge in [-0.1, -0.05) is 24.3 Å². The molecule has 0 unspecified atom stereocenters. The van der Waals surface area contributed by atoms with E-state index in [0.717, 1.165) is 18.2 Å². The lowest BCUT2D eigenvalue weighted by Crippen LogP contribution is -2.08. The Morgan fingerprint density at radius 2 is 1.68 bits per heavy atom. The van der Waals surface area contributed by atoms with Gasteiger partial charge in [0.2, 0.25) is 0 Å². The molecule has 0 aliphatic rings. The van der Waals surface area contributed by atoms with E-state index in [0.29, 0.717) is 6.29 Å². The molecule has 0 aromatic heterocycles. The summed E-state index contributed by atoms with van der Waals surface area (Å²) < 4.78 is 52.3. The Morgan fingerprint density at radius 1 is 1.00 bits per heavy atom. The van der Waals surface area contributed by atoms with Gasteiger partial charge in [-0.3, -0.25) is 4.79 Å². The molecule has 0 aliphatic carbocycles. The average Bonchev–Trinajstić information content (AvgIpc) is 2.37. The second kappa shape index (κ2) is 4.84. The maximum Gasteiger partial charge on any atom is 0.417 e. The Kier molecular flexibility index (Phi) is 3.38.